The predicted octanol–water partition coefficient (Wildman–Crippen LogP) is 4.58. The van der Waals surface area contributed by atoms with Gasteiger partial charge in [-0.15, -0.1) is 11.3 Å². The van der Waals surface area contributed by atoms with Crippen molar-refractivity contribution in [1.29, 1.82) is 0 Å². The molecule has 0 unspecified atom stereocenters. The maximum absolute atomic E-state index is 12.0. The second-order valence-corrected chi connectivity index (χ2v) is 5.44. The van der Waals surface area contributed by atoms with Gasteiger partial charge in [0, 0.05) is 31.6 Å². The van der Waals surface area contributed by atoms with Crippen molar-refractivity contribution >= 4 is 33.0 Å². The molecule has 0 aliphatic carbocycles. The fourth-order valence-corrected chi connectivity index (χ4v) is 3.31. The SMILES string of the molecule is O=c1cc(-c2ccccc2Cl)sc2ccccc12. The highest BCUT2D eigenvalue weighted by atomic mass is 35.5. The first-order valence-electron chi connectivity index (χ1n) is 5.53. The molecular weight excluding hydrogens is 264 g/mol. The molecule has 0 spiro atoms. The highest BCUT2D eigenvalue weighted by Crippen LogP contribution is 2.32. The van der Waals surface area contributed by atoms with E-state index >= 15 is 0 Å². The summed E-state index contributed by atoms with van der Waals surface area (Å²) in [6.45, 7) is 0. The minimum Gasteiger partial charge on any atom is -0.289 e. The minimum absolute atomic E-state index is 0.0410. The van der Waals surface area contributed by atoms with Gasteiger partial charge in [-0.2, -0.15) is 0 Å². The van der Waals surface area contributed by atoms with Crippen molar-refractivity contribution in [1.82, 2.24) is 0 Å². The lowest BCUT2D eigenvalue weighted by Gasteiger charge is -2.04. The maximum atomic E-state index is 12.0. The van der Waals surface area contributed by atoms with E-state index in [1.807, 2.05) is 48.5 Å². The van der Waals surface area contributed by atoms with Crippen LogP contribution in [-0.4, -0.2) is 0 Å². The van der Waals surface area contributed by atoms with Crippen molar-refractivity contribution in [2.75, 3.05) is 0 Å². The summed E-state index contributed by atoms with van der Waals surface area (Å²) in [6, 6.07) is 16.9. The lowest BCUT2D eigenvalue weighted by atomic mass is 10.1. The average molecular weight is 273 g/mol. The van der Waals surface area contributed by atoms with Gasteiger partial charge in [-0.25, -0.2) is 0 Å². The molecule has 0 aliphatic heterocycles. The number of rotatable bonds is 1. The molecule has 0 amide bonds. The van der Waals surface area contributed by atoms with Crippen molar-refractivity contribution in [2.24, 2.45) is 0 Å². The second-order valence-electron chi connectivity index (χ2n) is 3.95. The van der Waals surface area contributed by atoms with Gasteiger partial charge in [0.05, 0.1) is 0 Å². The Labute approximate surface area is 113 Å². The molecule has 0 atom stereocenters. The molecule has 1 heterocycles. The summed E-state index contributed by atoms with van der Waals surface area (Å²) in [5, 5.41) is 1.43. The molecule has 0 N–H and O–H groups in total. The highest BCUT2D eigenvalue weighted by molar-refractivity contribution is 7.21. The molecule has 2 aromatic carbocycles. The van der Waals surface area contributed by atoms with E-state index in [4.69, 9.17) is 11.6 Å². The van der Waals surface area contributed by atoms with Gasteiger partial charge >= 0.3 is 0 Å². The van der Waals surface area contributed by atoms with E-state index in [9.17, 15) is 4.79 Å². The van der Waals surface area contributed by atoms with Crippen molar-refractivity contribution < 1.29 is 0 Å². The normalized spacial score (nSPS) is 10.7. The zero-order valence-corrected chi connectivity index (χ0v) is 11.0. The average Bonchev–Trinajstić information content (AvgIpc) is 2.39. The fourth-order valence-electron chi connectivity index (χ4n) is 1.90. The minimum atomic E-state index is 0.0410. The van der Waals surface area contributed by atoms with Crippen LogP contribution in [-0.2, 0) is 0 Å². The lowest BCUT2D eigenvalue weighted by Crippen LogP contribution is -1.98. The first-order chi connectivity index (χ1) is 8.75. The zero-order chi connectivity index (χ0) is 12.5. The Morgan fingerprint density at radius 1 is 0.944 bits per heavy atom. The van der Waals surface area contributed by atoms with E-state index in [1.165, 1.54) is 0 Å². The molecule has 3 aromatic rings. The Morgan fingerprint density at radius 3 is 2.50 bits per heavy atom. The predicted molar refractivity (Wildman–Crippen MR) is 78.5 cm³/mol. The smallest absolute Gasteiger partial charge is 0.188 e. The van der Waals surface area contributed by atoms with E-state index in [0.29, 0.717) is 5.02 Å². The van der Waals surface area contributed by atoms with Crippen LogP contribution in [0.1, 0.15) is 0 Å². The summed E-state index contributed by atoms with van der Waals surface area (Å²) in [4.78, 5) is 13.0. The van der Waals surface area contributed by atoms with Crippen molar-refractivity contribution in [2.45, 2.75) is 0 Å². The number of benzene rings is 2. The molecule has 1 aromatic heterocycles. The van der Waals surface area contributed by atoms with Gasteiger partial charge in [0.2, 0.25) is 0 Å². The Morgan fingerprint density at radius 2 is 1.67 bits per heavy atom. The molecule has 0 bridgehead atoms. The van der Waals surface area contributed by atoms with Gasteiger partial charge < -0.3 is 0 Å². The summed E-state index contributed by atoms with van der Waals surface area (Å²) in [7, 11) is 0. The van der Waals surface area contributed by atoms with Gasteiger partial charge in [0.15, 0.2) is 5.43 Å². The van der Waals surface area contributed by atoms with Crippen LogP contribution in [0, 0.1) is 0 Å². The van der Waals surface area contributed by atoms with Gasteiger partial charge in [0.1, 0.15) is 0 Å². The summed E-state index contributed by atoms with van der Waals surface area (Å²) >= 11 is 7.75. The Hall–Kier alpha value is -1.64. The van der Waals surface area contributed by atoms with Gasteiger partial charge in [-0.05, 0) is 18.2 Å². The van der Waals surface area contributed by atoms with E-state index in [2.05, 4.69) is 0 Å². The monoisotopic (exact) mass is 272 g/mol. The van der Waals surface area contributed by atoms with Gasteiger partial charge in [0.25, 0.3) is 0 Å². The molecule has 0 saturated heterocycles. The molecule has 0 radical (unpaired) electrons. The largest absolute Gasteiger partial charge is 0.289 e. The van der Waals surface area contributed by atoms with E-state index in [1.54, 1.807) is 17.4 Å². The van der Waals surface area contributed by atoms with Crippen molar-refractivity contribution in [3.8, 4) is 10.4 Å². The second kappa shape index (κ2) is 4.56. The quantitative estimate of drug-likeness (QED) is 0.634. The summed E-state index contributed by atoms with van der Waals surface area (Å²) in [5.74, 6) is 0. The van der Waals surface area contributed by atoms with E-state index < -0.39 is 0 Å². The van der Waals surface area contributed by atoms with Crippen LogP contribution >= 0.6 is 22.9 Å². The van der Waals surface area contributed by atoms with Crippen molar-refractivity contribution in [3.63, 3.8) is 0 Å². The first-order valence-corrected chi connectivity index (χ1v) is 6.73. The molecular formula is C15H9ClOS. The topological polar surface area (TPSA) is 17.1 Å². The van der Waals surface area contributed by atoms with Crippen LogP contribution in [0.3, 0.4) is 0 Å². The number of hydrogen-bond acceptors (Lipinski definition) is 2. The van der Waals surface area contributed by atoms with Crippen LogP contribution in [0.25, 0.3) is 20.5 Å². The third-order valence-corrected chi connectivity index (χ3v) is 4.24. The Bertz CT molecular complexity index is 777. The third kappa shape index (κ3) is 1.94. The van der Waals surface area contributed by atoms with Crippen LogP contribution in [0.15, 0.2) is 59.4 Å². The molecule has 0 saturated carbocycles. The van der Waals surface area contributed by atoms with Crippen LogP contribution in [0.2, 0.25) is 5.02 Å². The first kappa shape index (κ1) is 11.5. The summed E-state index contributed by atoms with van der Waals surface area (Å²) in [5.41, 5.74) is 0.950. The Kier molecular flexibility index (Phi) is 2.90. The fraction of sp³-hybridized carbons (Fsp3) is 0. The number of fused-ring (bicyclic) bond motifs is 1. The van der Waals surface area contributed by atoms with Gasteiger partial charge in [-0.1, -0.05) is 41.9 Å². The molecule has 3 heteroatoms. The maximum Gasteiger partial charge on any atom is 0.188 e. The highest BCUT2D eigenvalue weighted by Gasteiger charge is 2.07. The summed E-state index contributed by atoms with van der Waals surface area (Å²) < 4.78 is 0.986. The molecule has 0 fully saturated rings. The number of hydrogen-bond donors (Lipinski definition) is 0. The van der Waals surface area contributed by atoms with Crippen molar-refractivity contribution in [3.05, 3.63) is 69.8 Å². The van der Waals surface area contributed by atoms with E-state index in [-0.39, 0.29) is 5.43 Å². The Balaban J connectivity index is 2.32. The number of halogens is 1. The zero-order valence-electron chi connectivity index (χ0n) is 9.39. The lowest BCUT2D eigenvalue weighted by molar-refractivity contribution is 1.66. The molecule has 18 heavy (non-hydrogen) atoms. The molecule has 1 nitrogen and oxygen atoms in total. The van der Waals surface area contributed by atoms with Crippen LogP contribution < -0.4 is 5.43 Å². The summed E-state index contributed by atoms with van der Waals surface area (Å²) in [6.07, 6.45) is 0. The van der Waals surface area contributed by atoms with Crippen LogP contribution in [0.4, 0.5) is 0 Å². The standard InChI is InChI=1S/C15H9ClOS/c16-12-7-3-1-5-10(12)15-9-13(17)11-6-2-4-8-14(11)18-15/h1-9H. The molecule has 3 rings (SSSR count). The molecule has 0 aliphatic rings. The molecule has 88 valence electrons. The van der Waals surface area contributed by atoms with Gasteiger partial charge in [-0.3, -0.25) is 4.79 Å². The third-order valence-electron chi connectivity index (χ3n) is 2.77. The van der Waals surface area contributed by atoms with Crippen LogP contribution in [0.5, 0.6) is 0 Å². The van der Waals surface area contributed by atoms with E-state index in [0.717, 1.165) is 20.5 Å².